The number of benzene rings is 2. The van der Waals surface area contributed by atoms with Gasteiger partial charge in [0.05, 0.1) is 29.2 Å². The van der Waals surface area contributed by atoms with E-state index in [4.69, 9.17) is 40.1 Å². The van der Waals surface area contributed by atoms with Gasteiger partial charge in [-0.05, 0) is 76.6 Å². The first-order chi connectivity index (χ1) is 26.9. The Morgan fingerprint density at radius 2 is 1.93 bits per heavy atom. The van der Waals surface area contributed by atoms with E-state index >= 15 is 8.78 Å². The van der Waals surface area contributed by atoms with E-state index in [1.807, 2.05) is 25.7 Å². The van der Waals surface area contributed by atoms with Gasteiger partial charge in [-0.25, -0.2) is 22.9 Å². The van der Waals surface area contributed by atoms with Gasteiger partial charge >= 0.3 is 12.1 Å². The molecule has 0 aliphatic carbocycles. The molecule has 12 nitrogen and oxygen atoms in total. The maximum absolute atomic E-state index is 17.5. The monoisotopic (exact) mass is 772 g/mol. The molecule has 1 amide bonds. The van der Waals surface area contributed by atoms with Crippen LogP contribution in [0.15, 0.2) is 24.3 Å². The summed E-state index contributed by atoms with van der Waals surface area (Å²) in [5, 5.41) is 0.970. The average Bonchev–Trinajstić information content (AvgIpc) is 3.76. The van der Waals surface area contributed by atoms with E-state index < -0.39 is 41.1 Å². The van der Waals surface area contributed by atoms with Crippen LogP contribution in [0.1, 0.15) is 58.4 Å². The lowest BCUT2D eigenvalue weighted by molar-refractivity contribution is 0.00537. The van der Waals surface area contributed by atoms with Crippen LogP contribution < -0.4 is 19.1 Å². The summed E-state index contributed by atoms with van der Waals surface area (Å²) in [7, 11) is 1.47. The molecular formula is C41H43F3N6O6. The van der Waals surface area contributed by atoms with Crippen LogP contribution >= 0.6 is 0 Å². The minimum absolute atomic E-state index is 0.0543. The molecule has 56 heavy (non-hydrogen) atoms. The van der Waals surface area contributed by atoms with Crippen LogP contribution in [0.3, 0.4) is 0 Å². The van der Waals surface area contributed by atoms with Gasteiger partial charge in [0.2, 0.25) is 5.88 Å². The summed E-state index contributed by atoms with van der Waals surface area (Å²) in [6.07, 6.45) is 7.89. The number of carbonyl (C=O) groups is 1. The van der Waals surface area contributed by atoms with Gasteiger partial charge in [0.1, 0.15) is 59.0 Å². The van der Waals surface area contributed by atoms with Crippen LogP contribution in [-0.2, 0) is 9.47 Å². The topological polar surface area (TPSA) is 112 Å². The summed E-state index contributed by atoms with van der Waals surface area (Å²) in [6, 6.07) is 4.97. The number of pyridine rings is 1. The lowest BCUT2D eigenvalue weighted by Crippen LogP contribution is -2.63. The second kappa shape index (κ2) is 13.5. The fourth-order valence-corrected chi connectivity index (χ4v) is 9.50. The third-order valence-electron chi connectivity index (χ3n) is 11.8. The number of amides is 1. The second-order valence-corrected chi connectivity index (χ2v) is 16.4. The van der Waals surface area contributed by atoms with Crippen molar-refractivity contribution in [1.29, 1.82) is 0 Å². The molecule has 0 saturated carbocycles. The molecule has 0 spiro atoms. The number of fused-ring (bicyclic) bond motifs is 7. The number of rotatable bonds is 7. The number of halogens is 3. The number of aromatic nitrogens is 3. The molecule has 5 aliphatic rings. The Bertz CT molecular complexity index is 2300. The maximum atomic E-state index is 17.5. The number of alkyl halides is 1. The van der Waals surface area contributed by atoms with Crippen molar-refractivity contribution in [3.63, 3.8) is 0 Å². The first-order valence-electron chi connectivity index (χ1n) is 19.1. The Labute approximate surface area is 322 Å². The minimum Gasteiger partial charge on any atom is -0.475 e. The van der Waals surface area contributed by atoms with Crippen molar-refractivity contribution in [3.8, 4) is 41.2 Å². The number of ether oxygens (including phenoxy) is 5. The fraction of sp³-hybridized carbons (Fsp3) is 0.512. The molecule has 9 rings (SSSR count). The molecule has 294 valence electrons. The standard InChI is InChI=1S/C41H43F3N6O6/c1-6-26-28(43)10-8-22-14-25(55-21-52-5)15-27(31(22)26)34-33(44)35-32-36(47-38(46-35)54-20-41-12-7-13-48(41)17-23(42)16-41)49-18-24-9-11-29(30(49)19-53-37(32)45-34)50(24)39(51)56-40(2,3)4/h1,8,10,14-15,23-24,29-30H,7,9,11-13,16-21H2,2-5H3/t23-,24-,29+,30+,41-/m1/s1. The summed E-state index contributed by atoms with van der Waals surface area (Å²) in [6.45, 7) is 7.07. The molecule has 15 heteroatoms. The summed E-state index contributed by atoms with van der Waals surface area (Å²) < 4.78 is 77.2. The van der Waals surface area contributed by atoms with Crippen molar-refractivity contribution in [2.24, 2.45) is 0 Å². The van der Waals surface area contributed by atoms with Gasteiger partial charge in [0.25, 0.3) is 0 Å². The highest BCUT2D eigenvalue weighted by Gasteiger charge is 2.52. The number of nitrogens with zero attached hydrogens (tertiary/aromatic N) is 6. The Hall–Kier alpha value is -5.07. The normalized spacial score (nSPS) is 25.5. The smallest absolute Gasteiger partial charge is 0.410 e. The molecule has 0 N–H and O–H groups in total. The van der Waals surface area contributed by atoms with Crippen LogP contribution in [0.5, 0.6) is 17.6 Å². The van der Waals surface area contributed by atoms with E-state index in [2.05, 4.69) is 15.8 Å². The fourth-order valence-electron chi connectivity index (χ4n) is 9.50. The zero-order valence-corrected chi connectivity index (χ0v) is 31.7. The van der Waals surface area contributed by atoms with Gasteiger partial charge in [-0.2, -0.15) is 9.97 Å². The van der Waals surface area contributed by atoms with E-state index in [9.17, 15) is 9.18 Å². The van der Waals surface area contributed by atoms with E-state index in [-0.39, 0.29) is 77.1 Å². The van der Waals surface area contributed by atoms with E-state index in [1.165, 1.54) is 25.3 Å². The SMILES string of the molecule is C#Cc1c(F)ccc2cc(OCOC)cc(-c3nc4c5c(nc(OC[C@]67CCCN6C[C@H](F)C7)nc5c3F)N3C[C@H]5CC[C@@H]([C@@H]3CO4)N5C(=O)OC(C)(C)C)c12. The van der Waals surface area contributed by atoms with Crippen LogP contribution in [0, 0.1) is 24.0 Å². The van der Waals surface area contributed by atoms with E-state index in [1.54, 1.807) is 11.0 Å². The maximum Gasteiger partial charge on any atom is 0.410 e. The molecule has 5 atom stereocenters. The molecular weight excluding hydrogens is 729 g/mol. The van der Waals surface area contributed by atoms with Gasteiger partial charge in [-0.15, -0.1) is 6.42 Å². The Balaban J connectivity index is 1.21. The lowest BCUT2D eigenvalue weighted by atomic mass is 9.95. The quantitative estimate of drug-likeness (QED) is 0.154. The van der Waals surface area contributed by atoms with Crippen molar-refractivity contribution in [1.82, 2.24) is 24.8 Å². The zero-order valence-electron chi connectivity index (χ0n) is 31.7. The molecule has 4 aromatic rings. The highest BCUT2D eigenvalue weighted by Crippen LogP contribution is 2.47. The molecule has 2 aromatic carbocycles. The van der Waals surface area contributed by atoms with Crippen molar-refractivity contribution in [2.75, 3.05) is 51.7 Å². The first-order valence-corrected chi connectivity index (χ1v) is 19.1. The average molecular weight is 773 g/mol. The van der Waals surface area contributed by atoms with E-state index in [0.717, 1.165) is 25.8 Å². The van der Waals surface area contributed by atoms with Crippen molar-refractivity contribution in [2.45, 2.75) is 88.3 Å². The summed E-state index contributed by atoms with van der Waals surface area (Å²) in [4.78, 5) is 33.9. The Kier molecular flexibility index (Phi) is 8.85. The van der Waals surface area contributed by atoms with Gasteiger partial charge in [0.15, 0.2) is 12.6 Å². The molecule has 7 heterocycles. The summed E-state index contributed by atoms with van der Waals surface area (Å²) in [5.74, 6) is 1.65. The third kappa shape index (κ3) is 6.00. The predicted molar refractivity (Wildman–Crippen MR) is 201 cm³/mol. The molecule has 2 bridgehead atoms. The van der Waals surface area contributed by atoms with Crippen LogP contribution in [0.25, 0.3) is 32.9 Å². The van der Waals surface area contributed by atoms with Gasteiger partial charge in [-0.3, -0.25) is 9.80 Å². The number of piperazine rings is 1. The zero-order chi connectivity index (χ0) is 39.1. The summed E-state index contributed by atoms with van der Waals surface area (Å²) in [5.41, 5.74) is -1.46. The number of anilines is 1. The number of carbonyl (C=O) groups excluding carboxylic acids is 1. The summed E-state index contributed by atoms with van der Waals surface area (Å²) >= 11 is 0. The van der Waals surface area contributed by atoms with Crippen molar-refractivity contribution < 1.29 is 41.7 Å². The minimum atomic E-state index is -0.972. The van der Waals surface area contributed by atoms with Crippen molar-refractivity contribution >= 4 is 33.6 Å². The predicted octanol–water partition coefficient (Wildman–Crippen LogP) is 6.39. The molecule has 0 radical (unpaired) electrons. The second-order valence-electron chi connectivity index (χ2n) is 16.4. The van der Waals surface area contributed by atoms with Crippen LogP contribution in [-0.4, -0.2) is 113 Å². The molecule has 4 saturated heterocycles. The van der Waals surface area contributed by atoms with Gasteiger partial charge in [-0.1, -0.05) is 12.0 Å². The molecule has 4 fully saturated rings. The number of hydrogen-bond donors (Lipinski definition) is 0. The Morgan fingerprint density at radius 1 is 1.09 bits per heavy atom. The molecule has 0 unspecified atom stereocenters. The first kappa shape index (κ1) is 36.6. The van der Waals surface area contributed by atoms with Gasteiger partial charge in [0, 0.05) is 37.6 Å². The molecule has 5 aliphatic heterocycles. The molecule has 2 aromatic heterocycles. The number of terminal acetylenes is 1. The highest BCUT2D eigenvalue weighted by atomic mass is 19.1. The number of hydrogen-bond acceptors (Lipinski definition) is 11. The van der Waals surface area contributed by atoms with E-state index in [0.29, 0.717) is 42.9 Å². The highest BCUT2D eigenvalue weighted by molar-refractivity contribution is 6.04. The lowest BCUT2D eigenvalue weighted by Gasteiger charge is -2.46. The largest absolute Gasteiger partial charge is 0.475 e. The Morgan fingerprint density at radius 3 is 2.71 bits per heavy atom. The van der Waals surface area contributed by atoms with Crippen LogP contribution in [0.2, 0.25) is 0 Å². The van der Waals surface area contributed by atoms with Crippen LogP contribution in [0.4, 0.5) is 23.8 Å². The third-order valence-corrected chi connectivity index (χ3v) is 11.8. The van der Waals surface area contributed by atoms with Crippen molar-refractivity contribution in [3.05, 3.63) is 41.5 Å². The number of methoxy groups -OCH3 is 1. The van der Waals surface area contributed by atoms with Gasteiger partial charge < -0.3 is 28.6 Å².